The van der Waals surface area contributed by atoms with Gasteiger partial charge in [-0.2, -0.15) is 0 Å². The standard InChI is InChI=1S/C22H16ClN3O5/c1-12(21(29)30)25-9-8-14-10-13(2-7-18(14)25)11-17-19(27)24-22(31)26(20(17)28)16-5-3-15(23)4-6-16/h2-12H,1H3,(H,29,30)(H,24,27,31)/b17-11+/t12-/m0/s1. The summed E-state index contributed by atoms with van der Waals surface area (Å²) in [6.45, 7) is 1.57. The molecule has 9 heteroatoms. The molecule has 2 aromatic carbocycles. The number of amides is 4. The van der Waals surface area contributed by atoms with Crippen LogP contribution in [0.1, 0.15) is 18.5 Å². The molecule has 1 aliphatic rings. The smallest absolute Gasteiger partial charge is 0.335 e. The van der Waals surface area contributed by atoms with Gasteiger partial charge in [0.1, 0.15) is 11.6 Å². The van der Waals surface area contributed by atoms with Gasteiger partial charge >= 0.3 is 12.0 Å². The predicted molar refractivity (Wildman–Crippen MR) is 115 cm³/mol. The first kappa shape index (κ1) is 20.4. The van der Waals surface area contributed by atoms with Crippen molar-refractivity contribution in [1.29, 1.82) is 0 Å². The van der Waals surface area contributed by atoms with E-state index < -0.39 is 29.9 Å². The summed E-state index contributed by atoms with van der Waals surface area (Å²) >= 11 is 5.86. The van der Waals surface area contributed by atoms with Crippen LogP contribution in [-0.2, 0) is 14.4 Å². The highest BCUT2D eigenvalue weighted by atomic mass is 35.5. The molecule has 1 atom stereocenters. The maximum Gasteiger partial charge on any atom is 0.335 e. The molecule has 2 N–H and O–H groups in total. The van der Waals surface area contributed by atoms with E-state index in [2.05, 4.69) is 5.32 Å². The van der Waals surface area contributed by atoms with Gasteiger partial charge in [0.2, 0.25) is 0 Å². The Balaban J connectivity index is 1.71. The van der Waals surface area contributed by atoms with Gasteiger partial charge in [0.25, 0.3) is 11.8 Å². The predicted octanol–water partition coefficient (Wildman–Crippen LogP) is 3.61. The molecule has 1 fully saturated rings. The third-order valence-electron chi connectivity index (χ3n) is 5.02. The fourth-order valence-electron chi connectivity index (χ4n) is 3.38. The zero-order valence-corrected chi connectivity index (χ0v) is 17.0. The maximum absolute atomic E-state index is 12.9. The summed E-state index contributed by atoms with van der Waals surface area (Å²) in [5.74, 6) is -2.51. The molecule has 156 valence electrons. The number of carboxylic acid groups (broad SMARTS) is 1. The SMILES string of the molecule is C[C@@H](C(=O)O)n1ccc2cc(/C=C3\C(=O)NC(=O)N(c4ccc(Cl)cc4)C3=O)ccc21. The summed E-state index contributed by atoms with van der Waals surface area (Å²) in [4.78, 5) is 49.7. The zero-order valence-electron chi connectivity index (χ0n) is 16.2. The summed E-state index contributed by atoms with van der Waals surface area (Å²) in [5, 5.41) is 12.6. The monoisotopic (exact) mass is 437 g/mol. The van der Waals surface area contributed by atoms with E-state index in [-0.39, 0.29) is 11.3 Å². The van der Waals surface area contributed by atoms with E-state index in [0.29, 0.717) is 16.1 Å². The Labute approximate surface area is 181 Å². The Morgan fingerprint density at radius 2 is 1.81 bits per heavy atom. The van der Waals surface area contributed by atoms with Gasteiger partial charge in [0, 0.05) is 22.1 Å². The lowest BCUT2D eigenvalue weighted by Crippen LogP contribution is -2.54. The minimum absolute atomic E-state index is 0.202. The lowest BCUT2D eigenvalue weighted by atomic mass is 10.1. The number of nitrogens with zero attached hydrogens (tertiary/aromatic N) is 2. The summed E-state index contributed by atoms with van der Waals surface area (Å²) in [5.41, 5.74) is 1.33. The number of rotatable bonds is 4. The van der Waals surface area contributed by atoms with Gasteiger partial charge in [0.05, 0.1) is 5.69 Å². The molecule has 0 unspecified atom stereocenters. The van der Waals surface area contributed by atoms with E-state index in [1.54, 1.807) is 42.0 Å². The van der Waals surface area contributed by atoms with Crippen molar-refractivity contribution >= 4 is 58.1 Å². The second-order valence-corrected chi connectivity index (χ2v) is 7.43. The van der Waals surface area contributed by atoms with Crippen molar-refractivity contribution in [1.82, 2.24) is 9.88 Å². The average Bonchev–Trinajstić information content (AvgIpc) is 3.15. The second-order valence-electron chi connectivity index (χ2n) is 6.99. The van der Waals surface area contributed by atoms with E-state index >= 15 is 0 Å². The van der Waals surface area contributed by atoms with Crippen molar-refractivity contribution in [2.75, 3.05) is 4.90 Å². The molecule has 1 aromatic heterocycles. The quantitative estimate of drug-likeness (QED) is 0.478. The van der Waals surface area contributed by atoms with Crippen LogP contribution in [0.3, 0.4) is 0 Å². The molecule has 3 aromatic rings. The first-order valence-corrected chi connectivity index (χ1v) is 9.64. The van der Waals surface area contributed by atoms with Crippen LogP contribution < -0.4 is 10.2 Å². The van der Waals surface area contributed by atoms with Crippen molar-refractivity contribution in [3.05, 3.63) is 70.9 Å². The molecular weight excluding hydrogens is 422 g/mol. The first-order chi connectivity index (χ1) is 14.8. The Morgan fingerprint density at radius 3 is 2.48 bits per heavy atom. The van der Waals surface area contributed by atoms with Gasteiger partial charge in [0.15, 0.2) is 0 Å². The fourth-order valence-corrected chi connectivity index (χ4v) is 3.50. The van der Waals surface area contributed by atoms with Gasteiger partial charge in [-0.3, -0.25) is 14.9 Å². The lowest BCUT2D eigenvalue weighted by molar-refractivity contribution is -0.140. The van der Waals surface area contributed by atoms with Crippen molar-refractivity contribution in [3.63, 3.8) is 0 Å². The van der Waals surface area contributed by atoms with Gasteiger partial charge in [-0.1, -0.05) is 17.7 Å². The van der Waals surface area contributed by atoms with Crippen LogP contribution in [0.25, 0.3) is 17.0 Å². The van der Waals surface area contributed by atoms with E-state index in [0.717, 1.165) is 10.3 Å². The number of carbonyl (C=O) groups excluding carboxylic acids is 3. The number of aromatic nitrogens is 1. The van der Waals surface area contributed by atoms with E-state index in [4.69, 9.17) is 11.6 Å². The molecule has 0 spiro atoms. The molecule has 8 nitrogen and oxygen atoms in total. The van der Waals surface area contributed by atoms with E-state index in [1.165, 1.54) is 30.3 Å². The number of carbonyl (C=O) groups is 4. The Hall–Kier alpha value is -3.91. The molecule has 0 radical (unpaired) electrons. The Morgan fingerprint density at radius 1 is 1.10 bits per heavy atom. The molecule has 4 rings (SSSR count). The van der Waals surface area contributed by atoms with Crippen LogP contribution in [0, 0.1) is 0 Å². The summed E-state index contributed by atoms with van der Waals surface area (Å²) in [6.07, 6.45) is 3.06. The van der Waals surface area contributed by atoms with Crippen LogP contribution in [0.4, 0.5) is 10.5 Å². The fraction of sp³-hybridized carbons (Fsp3) is 0.0909. The van der Waals surface area contributed by atoms with Gasteiger partial charge in [-0.25, -0.2) is 14.5 Å². The number of halogens is 1. The second kappa shape index (κ2) is 7.73. The molecule has 1 saturated heterocycles. The highest BCUT2D eigenvalue weighted by Crippen LogP contribution is 2.26. The number of carboxylic acids is 1. The molecule has 1 aliphatic heterocycles. The molecule has 31 heavy (non-hydrogen) atoms. The van der Waals surface area contributed by atoms with Gasteiger partial charge < -0.3 is 9.67 Å². The number of urea groups is 1. The highest BCUT2D eigenvalue weighted by Gasteiger charge is 2.36. The van der Waals surface area contributed by atoms with Gasteiger partial charge in [-0.15, -0.1) is 0 Å². The Bertz CT molecular complexity index is 1280. The van der Waals surface area contributed by atoms with Crippen molar-refractivity contribution < 1.29 is 24.3 Å². The summed E-state index contributed by atoms with van der Waals surface area (Å²) < 4.78 is 1.62. The molecule has 4 amide bonds. The third-order valence-corrected chi connectivity index (χ3v) is 5.27. The zero-order chi connectivity index (χ0) is 22.3. The summed E-state index contributed by atoms with van der Waals surface area (Å²) in [6, 6.07) is 11.4. The molecule has 0 saturated carbocycles. The molecule has 0 bridgehead atoms. The van der Waals surface area contributed by atoms with Crippen LogP contribution in [0.15, 0.2) is 60.3 Å². The first-order valence-electron chi connectivity index (χ1n) is 9.26. The number of fused-ring (bicyclic) bond motifs is 1. The largest absolute Gasteiger partial charge is 0.480 e. The number of hydrogen-bond acceptors (Lipinski definition) is 4. The topological polar surface area (TPSA) is 109 Å². The van der Waals surface area contributed by atoms with Crippen LogP contribution in [-0.4, -0.2) is 33.5 Å². The van der Waals surface area contributed by atoms with Crippen molar-refractivity contribution in [2.45, 2.75) is 13.0 Å². The number of hydrogen-bond donors (Lipinski definition) is 2. The minimum atomic E-state index is -0.958. The summed E-state index contributed by atoms with van der Waals surface area (Å²) in [7, 11) is 0. The van der Waals surface area contributed by atoms with Crippen LogP contribution in [0.2, 0.25) is 5.02 Å². The van der Waals surface area contributed by atoms with Crippen LogP contribution in [0.5, 0.6) is 0 Å². The molecule has 0 aliphatic carbocycles. The normalized spacial score (nSPS) is 16.6. The number of anilines is 1. The van der Waals surface area contributed by atoms with Crippen molar-refractivity contribution in [2.24, 2.45) is 0 Å². The number of imide groups is 2. The highest BCUT2D eigenvalue weighted by molar-refractivity contribution is 6.39. The lowest BCUT2D eigenvalue weighted by Gasteiger charge is -2.26. The average molecular weight is 438 g/mol. The third kappa shape index (κ3) is 3.69. The molecule has 2 heterocycles. The van der Waals surface area contributed by atoms with E-state index in [9.17, 15) is 24.3 Å². The Kier molecular flexibility index (Phi) is 5.08. The van der Waals surface area contributed by atoms with Crippen LogP contribution >= 0.6 is 11.6 Å². The number of nitrogens with one attached hydrogen (secondary N) is 1. The van der Waals surface area contributed by atoms with E-state index in [1.807, 2.05) is 0 Å². The van der Waals surface area contributed by atoms with Gasteiger partial charge in [-0.05, 0) is 61.0 Å². The maximum atomic E-state index is 12.9. The number of barbiturate groups is 1. The number of aliphatic carboxylic acids is 1. The number of benzene rings is 2. The molecular formula is C22H16ClN3O5. The van der Waals surface area contributed by atoms with Crippen molar-refractivity contribution in [3.8, 4) is 0 Å². The minimum Gasteiger partial charge on any atom is -0.480 e.